The van der Waals surface area contributed by atoms with E-state index in [9.17, 15) is 18.5 Å². The Bertz CT molecular complexity index is 1140. The van der Waals surface area contributed by atoms with Gasteiger partial charge >= 0.3 is 0 Å². The van der Waals surface area contributed by atoms with Gasteiger partial charge in [-0.15, -0.1) is 0 Å². The van der Waals surface area contributed by atoms with E-state index in [2.05, 4.69) is 0 Å². The third-order valence-corrected chi connectivity index (χ3v) is 4.17. The highest BCUT2D eigenvalue weighted by Gasteiger charge is 2.15. The first-order chi connectivity index (χ1) is 12.4. The van der Waals surface area contributed by atoms with E-state index in [-0.39, 0.29) is 16.9 Å². The van der Waals surface area contributed by atoms with Crippen LogP contribution in [-0.2, 0) is 10.0 Å². The lowest BCUT2D eigenvalue weighted by Gasteiger charge is -2.11. The maximum Gasteiger partial charge on any atom is 0.264 e. The highest BCUT2D eigenvalue weighted by molar-refractivity contribution is 7.89. The van der Waals surface area contributed by atoms with Crippen LogP contribution in [0.15, 0.2) is 60.7 Å². The van der Waals surface area contributed by atoms with Crippen LogP contribution < -0.4 is 9.46 Å². The van der Waals surface area contributed by atoms with Crippen LogP contribution in [0, 0.1) is 11.3 Å². The zero-order valence-corrected chi connectivity index (χ0v) is 14.6. The molecule has 6 nitrogen and oxygen atoms in total. The summed E-state index contributed by atoms with van der Waals surface area (Å²) in [6.07, 6.45) is 0.883. The van der Waals surface area contributed by atoms with E-state index < -0.39 is 15.9 Å². The largest absolute Gasteiger partial charge is 0.455 e. The van der Waals surface area contributed by atoms with Gasteiger partial charge in [-0.25, -0.2) is 13.1 Å². The predicted molar refractivity (Wildman–Crippen MR) is 97.5 cm³/mol. The summed E-state index contributed by atoms with van der Waals surface area (Å²) in [4.78, 5) is 11.9. The maximum absolute atomic E-state index is 11.9. The van der Waals surface area contributed by atoms with E-state index in [1.165, 1.54) is 18.2 Å². The lowest BCUT2D eigenvalue weighted by molar-refractivity contribution is 0.0981. The number of rotatable bonds is 4. The molecule has 130 valence electrons. The molecule has 0 radical (unpaired) electrons. The van der Waals surface area contributed by atoms with Crippen LogP contribution >= 0.6 is 0 Å². The molecular weight excluding hydrogens is 352 g/mol. The van der Waals surface area contributed by atoms with Gasteiger partial charge in [-0.3, -0.25) is 4.79 Å². The van der Waals surface area contributed by atoms with Gasteiger partial charge in [-0.2, -0.15) is 5.26 Å². The Morgan fingerprint density at radius 3 is 2.50 bits per heavy atom. The minimum absolute atomic E-state index is 0.0530. The lowest BCUT2D eigenvalue weighted by atomic mass is 10.1. The average molecular weight is 366 g/mol. The van der Waals surface area contributed by atoms with E-state index >= 15 is 0 Å². The summed E-state index contributed by atoms with van der Waals surface area (Å²) in [6.45, 7) is 0. The standard InChI is InChI=1S/C19H14N2O4S/c1-26(23,24)21-19(22)14-9-10-17(15(11-14)12-20)25-18-8-4-6-13-5-2-3-7-16(13)18/h2-11H,1H3,(H,21,22). The van der Waals surface area contributed by atoms with Gasteiger partial charge in [-0.1, -0.05) is 36.4 Å². The first-order valence-corrected chi connectivity index (χ1v) is 9.48. The van der Waals surface area contributed by atoms with Gasteiger partial charge in [0, 0.05) is 10.9 Å². The average Bonchev–Trinajstić information content (AvgIpc) is 2.61. The topological polar surface area (TPSA) is 96.3 Å². The van der Waals surface area contributed by atoms with Crippen molar-refractivity contribution >= 4 is 26.7 Å². The van der Waals surface area contributed by atoms with Crippen LogP contribution in [0.5, 0.6) is 11.5 Å². The van der Waals surface area contributed by atoms with Gasteiger partial charge in [0.25, 0.3) is 5.91 Å². The second-order valence-electron chi connectivity index (χ2n) is 5.61. The van der Waals surface area contributed by atoms with Crippen LogP contribution in [0.25, 0.3) is 10.8 Å². The van der Waals surface area contributed by atoms with E-state index in [0.29, 0.717) is 5.75 Å². The van der Waals surface area contributed by atoms with Crippen LogP contribution in [0.2, 0.25) is 0 Å². The number of ether oxygens (including phenoxy) is 1. The molecule has 0 atom stereocenters. The Morgan fingerprint density at radius 1 is 1.04 bits per heavy atom. The van der Waals surface area contributed by atoms with Crippen LogP contribution in [-0.4, -0.2) is 20.6 Å². The summed E-state index contributed by atoms with van der Waals surface area (Å²) >= 11 is 0. The molecule has 0 heterocycles. The molecule has 0 unspecified atom stereocenters. The van der Waals surface area contributed by atoms with Gasteiger partial charge in [0.15, 0.2) is 0 Å². The Labute approximate surface area is 150 Å². The number of carbonyl (C=O) groups excluding carboxylic acids is 1. The third kappa shape index (κ3) is 3.82. The first-order valence-electron chi connectivity index (χ1n) is 7.59. The molecule has 7 heteroatoms. The zero-order chi connectivity index (χ0) is 18.7. The molecule has 0 aliphatic carbocycles. The number of benzene rings is 3. The molecule has 0 aliphatic rings. The quantitative estimate of drug-likeness (QED) is 0.765. The first kappa shape index (κ1) is 17.5. The molecule has 1 N–H and O–H groups in total. The highest BCUT2D eigenvalue weighted by Crippen LogP contribution is 2.31. The highest BCUT2D eigenvalue weighted by atomic mass is 32.2. The van der Waals surface area contributed by atoms with E-state index in [1.54, 1.807) is 6.07 Å². The maximum atomic E-state index is 11.9. The summed E-state index contributed by atoms with van der Waals surface area (Å²) < 4.78 is 30.1. The van der Waals surface area contributed by atoms with Crippen molar-refractivity contribution in [3.63, 3.8) is 0 Å². The molecule has 3 aromatic carbocycles. The molecule has 0 bridgehead atoms. The number of carbonyl (C=O) groups is 1. The Morgan fingerprint density at radius 2 is 1.77 bits per heavy atom. The molecule has 0 spiro atoms. The summed E-state index contributed by atoms with van der Waals surface area (Å²) in [6, 6.07) is 19.4. The van der Waals surface area contributed by atoms with Crippen LogP contribution in [0.1, 0.15) is 15.9 Å². The number of amides is 1. The van der Waals surface area contributed by atoms with Crippen LogP contribution in [0.4, 0.5) is 0 Å². The van der Waals surface area contributed by atoms with E-state index in [0.717, 1.165) is 17.0 Å². The van der Waals surface area contributed by atoms with Crippen molar-refractivity contribution in [3.05, 3.63) is 71.8 Å². The molecule has 3 aromatic rings. The number of hydrogen-bond donors (Lipinski definition) is 1. The summed E-state index contributed by atoms with van der Waals surface area (Å²) in [5.41, 5.74) is 0.177. The fourth-order valence-corrected chi connectivity index (χ4v) is 2.93. The number of hydrogen-bond acceptors (Lipinski definition) is 5. The molecular formula is C19H14N2O4S. The Kier molecular flexibility index (Phi) is 4.61. The van der Waals surface area contributed by atoms with Crippen molar-refractivity contribution in [2.45, 2.75) is 0 Å². The number of nitrogens with one attached hydrogen (secondary N) is 1. The van der Waals surface area contributed by atoms with Crippen molar-refractivity contribution in [3.8, 4) is 17.6 Å². The fraction of sp³-hybridized carbons (Fsp3) is 0.0526. The molecule has 1 amide bonds. The van der Waals surface area contributed by atoms with Crippen molar-refractivity contribution in [2.24, 2.45) is 0 Å². The second-order valence-corrected chi connectivity index (χ2v) is 7.35. The molecule has 3 rings (SSSR count). The molecule has 0 fully saturated rings. The molecule has 0 saturated heterocycles. The van der Waals surface area contributed by atoms with E-state index in [1.807, 2.05) is 47.2 Å². The molecule has 0 aliphatic heterocycles. The number of nitriles is 1. The van der Waals surface area contributed by atoms with Crippen molar-refractivity contribution < 1.29 is 17.9 Å². The smallest absolute Gasteiger partial charge is 0.264 e. The number of nitrogens with zero attached hydrogens (tertiary/aromatic N) is 1. The van der Waals surface area contributed by atoms with Gasteiger partial charge in [0.2, 0.25) is 10.0 Å². The fourth-order valence-electron chi connectivity index (χ4n) is 2.48. The molecule has 0 saturated carbocycles. The monoisotopic (exact) mass is 366 g/mol. The molecule has 26 heavy (non-hydrogen) atoms. The summed E-state index contributed by atoms with van der Waals surface area (Å²) in [5, 5.41) is 11.2. The Hall–Kier alpha value is -3.37. The van der Waals surface area contributed by atoms with Crippen molar-refractivity contribution in [2.75, 3.05) is 6.26 Å². The normalized spacial score (nSPS) is 10.9. The van der Waals surface area contributed by atoms with Crippen LogP contribution in [0.3, 0.4) is 0 Å². The van der Waals surface area contributed by atoms with Crippen molar-refractivity contribution in [1.82, 2.24) is 4.72 Å². The predicted octanol–water partition coefficient (Wildman–Crippen LogP) is 3.19. The minimum Gasteiger partial charge on any atom is -0.455 e. The van der Waals surface area contributed by atoms with Crippen molar-refractivity contribution in [1.29, 1.82) is 5.26 Å². The molecule has 0 aromatic heterocycles. The SMILES string of the molecule is CS(=O)(=O)NC(=O)c1ccc(Oc2cccc3ccccc23)c(C#N)c1. The minimum atomic E-state index is -3.69. The lowest BCUT2D eigenvalue weighted by Crippen LogP contribution is -2.29. The number of sulfonamides is 1. The second kappa shape index (κ2) is 6.86. The summed E-state index contributed by atoms with van der Waals surface area (Å²) in [7, 11) is -3.69. The van der Waals surface area contributed by atoms with Gasteiger partial charge in [-0.05, 0) is 29.7 Å². The van der Waals surface area contributed by atoms with Gasteiger partial charge < -0.3 is 4.74 Å². The zero-order valence-electron chi connectivity index (χ0n) is 13.8. The summed E-state index contributed by atoms with van der Waals surface area (Å²) in [5.74, 6) is 0.0495. The number of fused-ring (bicyclic) bond motifs is 1. The van der Waals surface area contributed by atoms with Gasteiger partial charge in [0.1, 0.15) is 17.6 Å². The Balaban J connectivity index is 1.96. The van der Waals surface area contributed by atoms with Gasteiger partial charge in [0.05, 0.1) is 11.8 Å². The van der Waals surface area contributed by atoms with E-state index in [4.69, 9.17) is 4.74 Å². The third-order valence-electron chi connectivity index (χ3n) is 3.61.